The smallest absolute Gasteiger partial charge is 0.319 e. The van der Waals surface area contributed by atoms with E-state index in [1.807, 2.05) is 42.5 Å². The normalized spacial score (nSPS) is 16.2. The van der Waals surface area contributed by atoms with Crippen molar-refractivity contribution in [3.8, 4) is 5.75 Å². The third-order valence-electron chi connectivity index (χ3n) is 7.39. The number of anilines is 3. The standard InChI is InChI=1S/C30H41N7O3/c38-30(31-12-1-2-13-36-14-3-4-15-36)35-25-8-6-24(7-9-25)34-29-27-11-10-26(22-28(27)32-23-33-29)40-19-5-16-37-17-20-39-21-18-37/h6-11,22-23H,1-5,12-21H2,(H2,31,35,38)(H,32,33,34). The fourth-order valence-electron chi connectivity index (χ4n) is 5.15. The van der Waals surface area contributed by atoms with Gasteiger partial charge in [-0.15, -0.1) is 0 Å². The van der Waals surface area contributed by atoms with Crippen molar-refractivity contribution in [1.82, 2.24) is 25.1 Å². The third-order valence-corrected chi connectivity index (χ3v) is 7.39. The minimum Gasteiger partial charge on any atom is -0.493 e. The number of hydrogen-bond acceptors (Lipinski definition) is 8. The summed E-state index contributed by atoms with van der Waals surface area (Å²) in [5.41, 5.74) is 2.43. The van der Waals surface area contributed by atoms with Crippen LogP contribution < -0.4 is 20.7 Å². The number of nitrogens with zero attached hydrogens (tertiary/aromatic N) is 4. The number of rotatable bonds is 13. The average Bonchev–Trinajstić information content (AvgIpc) is 3.50. The van der Waals surface area contributed by atoms with E-state index in [1.54, 1.807) is 6.33 Å². The van der Waals surface area contributed by atoms with Crippen molar-refractivity contribution >= 4 is 34.1 Å². The molecule has 3 aromatic rings. The maximum Gasteiger partial charge on any atom is 0.319 e. The molecule has 0 radical (unpaired) electrons. The van der Waals surface area contributed by atoms with Gasteiger partial charge in [0.25, 0.3) is 0 Å². The van der Waals surface area contributed by atoms with Crippen LogP contribution in [-0.4, -0.2) is 91.4 Å². The predicted octanol–water partition coefficient (Wildman–Crippen LogP) is 4.47. The lowest BCUT2D eigenvalue weighted by atomic mass is 10.2. The zero-order valence-electron chi connectivity index (χ0n) is 23.2. The third kappa shape index (κ3) is 8.51. The fourth-order valence-corrected chi connectivity index (χ4v) is 5.15. The van der Waals surface area contributed by atoms with Crippen molar-refractivity contribution in [3.63, 3.8) is 0 Å². The Morgan fingerprint density at radius 3 is 2.45 bits per heavy atom. The first kappa shape index (κ1) is 28.1. The first-order valence-electron chi connectivity index (χ1n) is 14.5. The molecule has 3 heterocycles. The molecule has 0 saturated carbocycles. The lowest BCUT2D eigenvalue weighted by Crippen LogP contribution is -2.37. The molecule has 1 aromatic heterocycles. The molecular formula is C30H41N7O3. The molecule has 3 N–H and O–H groups in total. The summed E-state index contributed by atoms with van der Waals surface area (Å²) >= 11 is 0. The van der Waals surface area contributed by atoms with Crippen LogP contribution in [0, 0.1) is 0 Å². The average molecular weight is 548 g/mol. The number of aromatic nitrogens is 2. The summed E-state index contributed by atoms with van der Waals surface area (Å²) in [6, 6.07) is 13.3. The quantitative estimate of drug-likeness (QED) is 0.269. The van der Waals surface area contributed by atoms with Gasteiger partial charge in [0, 0.05) is 49.0 Å². The van der Waals surface area contributed by atoms with Gasteiger partial charge in [-0.25, -0.2) is 14.8 Å². The molecule has 2 aliphatic rings. The molecule has 2 amide bonds. The van der Waals surface area contributed by atoms with Gasteiger partial charge < -0.3 is 30.3 Å². The molecule has 10 heteroatoms. The Hall–Kier alpha value is -3.47. The van der Waals surface area contributed by atoms with Crippen LogP contribution in [0.2, 0.25) is 0 Å². The summed E-state index contributed by atoms with van der Waals surface area (Å²) in [6.07, 6.45) is 7.26. The van der Waals surface area contributed by atoms with E-state index < -0.39 is 0 Å². The van der Waals surface area contributed by atoms with Crippen LogP contribution in [0.25, 0.3) is 10.9 Å². The van der Waals surface area contributed by atoms with Crippen molar-refractivity contribution in [2.75, 3.05) is 76.3 Å². The summed E-state index contributed by atoms with van der Waals surface area (Å²) < 4.78 is 11.4. The lowest BCUT2D eigenvalue weighted by molar-refractivity contribution is 0.0358. The van der Waals surface area contributed by atoms with E-state index >= 15 is 0 Å². The lowest BCUT2D eigenvalue weighted by Gasteiger charge is -2.26. The number of urea groups is 1. The van der Waals surface area contributed by atoms with Gasteiger partial charge in [0.1, 0.15) is 17.9 Å². The summed E-state index contributed by atoms with van der Waals surface area (Å²) in [6.45, 7) is 9.56. The molecule has 0 spiro atoms. The molecule has 5 rings (SSSR count). The fraction of sp³-hybridized carbons (Fsp3) is 0.500. The van der Waals surface area contributed by atoms with Crippen molar-refractivity contribution in [1.29, 1.82) is 0 Å². The maximum absolute atomic E-state index is 12.3. The highest BCUT2D eigenvalue weighted by Crippen LogP contribution is 2.27. The van der Waals surface area contributed by atoms with Gasteiger partial charge in [-0.1, -0.05) is 0 Å². The minimum absolute atomic E-state index is 0.178. The van der Waals surface area contributed by atoms with Crippen molar-refractivity contribution in [2.24, 2.45) is 0 Å². The highest BCUT2D eigenvalue weighted by Gasteiger charge is 2.11. The van der Waals surface area contributed by atoms with Crippen molar-refractivity contribution in [2.45, 2.75) is 32.1 Å². The Morgan fingerprint density at radius 2 is 1.62 bits per heavy atom. The molecule has 2 saturated heterocycles. The Bertz CT molecular complexity index is 1210. The van der Waals surface area contributed by atoms with Gasteiger partial charge >= 0.3 is 6.03 Å². The Kier molecular flexibility index (Phi) is 10.4. The van der Waals surface area contributed by atoms with Crippen LogP contribution in [0.4, 0.5) is 22.0 Å². The Morgan fingerprint density at radius 1 is 0.875 bits per heavy atom. The van der Waals surface area contributed by atoms with E-state index in [9.17, 15) is 4.79 Å². The number of carbonyl (C=O) groups is 1. The topological polar surface area (TPSA) is 104 Å². The van der Waals surface area contributed by atoms with E-state index in [0.29, 0.717) is 13.2 Å². The van der Waals surface area contributed by atoms with E-state index in [2.05, 4.69) is 35.7 Å². The first-order valence-corrected chi connectivity index (χ1v) is 14.5. The predicted molar refractivity (Wildman–Crippen MR) is 159 cm³/mol. The Labute approximate surface area is 236 Å². The number of ether oxygens (including phenoxy) is 2. The van der Waals surface area contributed by atoms with Crippen LogP contribution in [-0.2, 0) is 4.74 Å². The van der Waals surface area contributed by atoms with Gasteiger partial charge in [0.2, 0.25) is 0 Å². The summed E-state index contributed by atoms with van der Waals surface area (Å²) in [5, 5.41) is 10.1. The number of amides is 2. The molecule has 40 heavy (non-hydrogen) atoms. The van der Waals surface area contributed by atoms with Gasteiger partial charge in [0.15, 0.2) is 0 Å². The zero-order chi connectivity index (χ0) is 27.4. The highest BCUT2D eigenvalue weighted by molar-refractivity contribution is 5.92. The molecule has 2 aliphatic heterocycles. The number of hydrogen-bond donors (Lipinski definition) is 3. The SMILES string of the molecule is O=C(NCCCCN1CCCC1)Nc1ccc(Nc2ncnc3cc(OCCCN4CCOCC4)ccc23)cc1. The highest BCUT2D eigenvalue weighted by atomic mass is 16.5. The number of benzene rings is 2. The van der Waals surface area contributed by atoms with Gasteiger partial charge in [-0.2, -0.15) is 0 Å². The van der Waals surface area contributed by atoms with E-state index in [0.717, 1.165) is 92.5 Å². The monoisotopic (exact) mass is 547 g/mol. The molecule has 10 nitrogen and oxygen atoms in total. The van der Waals surface area contributed by atoms with Crippen LogP contribution in [0.5, 0.6) is 5.75 Å². The summed E-state index contributed by atoms with van der Waals surface area (Å²) in [7, 11) is 0. The van der Waals surface area contributed by atoms with Gasteiger partial charge in [-0.05, 0) is 88.1 Å². The van der Waals surface area contributed by atoms with Gasteiger partial charge in [-0.3, -0.25) is 4.90 Å². The second kappa shape index (κ2) is 14.8. The maximum atomic E-state index is 12.3. The van der Waals surface area contributed by atoms with Gasteiger partial charge in [0.05, 0.1) is 25.3 Å². The van der Waals surface area contributed by atoms with E-state index in [4.69, 9.17) is 9.47 Å². The zero-order valence-corrected chi connectivity index (χ0v) is 23.2. The van der Waals surface area contributed by atoms with Crippen LogP contribution in [0.15, 0.2) is 48.8 Å². The first-order chi connectivity index (χ1) is 19.7. The van der Waals surface area contributed by atoms with Crippen LogP contribution >= 0.6 is 0 Å². The Balaban J connectivity index is 1.06. The molecule has 2 fully saturated rings. The molecule has 0 aliphatic carbocycles. The van der Waals surface area contributed by atoms with Crippen LogP contribution in [0.1, 0.15) is 32.1 Å². The second-order valence-corrected chi connectivity index (χ2v) is 10.4. The number of unbranched alkanes of at least 4 members (excludes halogenated alkanes) is 1. The van der Waals surface area contributed by atoms with Crippen molar-refractivity contribution < 1.29 is 14.3 Å². The van der Waals surface area contributed by atoms with Crippen LogP contribution in [0.3, 0.4) is 0 Å². The number of carbonyl (C=O) groups excluding carboxylic acids is 1. The minimum atomic E-state index is -0.178. The summed E-state index contributed by atoms with van der Waals surface area (Å²) in [4.78, 5) is 26.0. The molecule has 0 unspecified atom stereocenters. The largest absolute Gasteiger partial charge is 0.493 e. The number of nitrogens with one attached hydrogen (secondary N) is 3. The molecular weight excluding hydrogens is 506 g/mol. The van der Waals surface area contributed by atoms with E-state index in [-0.39, 0.29) is 6.03 Å². The number of fused-ring (bicyclic) bond motifs is 1. The second-order valence-electron chi connectivity index (χ2n) is 10.4. The summed E-state index contributed by atoms with van der Waals surface area (Å²) in [5.74, 6) is 1.52. The molecule has 0 atom stereocenters. The number of likely N-dealkylation sites (tertiary alicyclic amines) is 1. The molecule has 214 valence electrons. The number of morpholine rings is 1. The van der Waals surface area contributed by atoms with E-state index in [1.165, 1.54) is 25.9 Å². The van der Waals surface area contributed by atoms with Crippen molar-refractivity contribution in [3.05, 3.63) is 48.8 Å². The molecule has 2 aromatic carbocycles. The molecule has 0 bridgehead atoms.